The van der Waals surface area contributed by atoms with Crippen molar-refractivity contribution in [2.24, 2.45) is 0 Å². The van der Waals surface area contributed by atoms with Crippen molar-refractivity contribution in [3.05, 3.63) is 59.2 Å². The van der Waals surface area contributed by atoms with Crippen molar-refractivity contribution in [3.8, 4) is 5.75 Å². The molecule has 1 saturated heterocycles. The first-order chi connectivity index (χ1) is 15.6. The Labute approximate surface area is 191 Å². The molecule has 1 aliphatic heterocycles. The molecule has 0 aliphatic carbocycles. The average Bonchev–Trinajstić information content (AvgIpc) is 3.10. The van der Waals surface area contributed by atoms with E-state index in [0.29, 0.717) is 13.1 Å². The van der Waals surface area contributed by atoms with Gasteiger partial charge in [-0.1, -0.05) is 12.8 Å². The molecule has 2 aromatic rings. The van der Waals surface area contributed by atoms with Gasteiger partial charge in [0.2, 0.25) is 15.8 Å². The number of rotatable bonds is 7. The summed E-state index contributed by atoms with van der Waals surface area (Å²) in [5.41, 5.74) is -0.336. The van der Waals surface area contributed by atoms with Crippen LogP contribution < -0.4 is 4.74 Å². The summed E-state index contributed by atoms with van der Waals surface area (Å²) in [7, 11) is -2.53. The van der Waals surface area contributed by atoms with E-state index in [2.05, 4.69) is 0 Å². The predicted molar refractivity (Wildman–Crippen MR) is 116 cm³/mol. The number of sulfonamides is 1. The van der Waals surface area contributed by atoms with Gasteiger partial charge in [0.1, 0.15) is 11.3 Å². The Morgan fingerprint density at radius 3 is 2.24 bits per heavy atom. The Hall–Kier alpha value is -2.85. The largest absolute Gasteiger partial charge is 0.496 e. The summed E-state index contributed by atoms with van der Waals surface area (Å²) >= 11 is 0. The van der Waals surface area contributed by atoms with E-state index in [-0.39, 0.29) is 21.8 Å². The lowest BCUT2D eigenvalue weighted by molar-refractivity contribution is 0.0315. The predicted octanol–water partition coefficient (Wildman–Crippen LogP) is 3.97. The lowest BCUT2D eigenvalue weighted by Crippen LogP contribution is -2.32. The van der Waals surface area contributed by atoms with E-state index in [1.165, 1.54) is 30.5 Å². The van der Waals surface area contributed by atoms with Crippen molar-refractivity contribution in [2.75, 3.05) is 20.2 Å². The zero-order valence-corrected chi connectivity index (χ0v) is 19.2. The molecular weight excluding hydrogens is 456 g/mol. The molecule has 7 nitrogen and oxygen atoms in total. The van der Waals surface area contributed by atoms with Crippen LogP contribution in [0.1, 0.15) is 53.3 Å². The van der Waals surface area contributed by atoms with Gasteiger partial charge in [0, 0.05) is 18.7 Å². The second-order valence-corrected chi connectivity index (χ2v) is 9.66. The monoisotopic (exact) mass is 481 g/mol. The quantitative estimate of drug-likeness (QED) is 0.439. The minimum atomic E-state index is -3.84. The van der Waals surface area contributed by atoms with E-state index in [9.17, 15) is 26.8 Å². The zero-order valence-electron chi connectivity index (χ0n) is 18.3. The fraction of sp³-hybridized carbons (Fsp3) is 0.391. The van der Waals surface area contributed by atoms with E-state index in [0.717, 1.165) is 49.9 Å². The number of carbonyl (C=O) groups is 2. The summed E-state index contributed by atoms with van der Waals surface area (Å²) in [6.07, 6.45) is 2.09. The van der Waals surface area contributed by atoms with Crippen molar-refractivity contribution in [2.45, 2.75) is 43.6 Å². The molecule has 10 heteroatoms. The van der Waals surface area contributed by atoms with Crippen LogP contribution in [0, 0.1) is 11.6 Å². The van der Waals surface area contributed by atoms with E-state index >= 15 is 0 Å². The van der Waals surface area contributed by atoms with Crippen LogP contribution in [0.3, 0.4) is 0 Å². The topological polar surface area (TPSA) is 90.0 Å². The summed E-state index contributed by atoms with van der Waals surface area (Å²) in [5.74, 6) is -3.96. The van der Waals surface area contributed by atoms with Crippen molar-refractivity contribution in [1.82, 2.24) is 4.31 Å². The fourth-order valence-electron chi connectivity index (χ4n) is 3.60. The second kappa shape index (κ2) is 10.4. The van der Waals surface area contributed by atoms with Gasteiger partial charge in [-0.05, 0) is 56.2 Å². The highest BCUT2D eigenvalue weighted by molar-refractivity contribution is 7.89. The number of ether oxygens (including phenoxy) is 2. The molecule has 0 N–H and O–H groups in total. The molecular formula is C23H25F2NO6S. The standard InChI is InChI=1S/C23H25F2NO6S/c1-15(22(27)16-7-9-19(24)20(25)13-16)32-23(28)18-14-17(8-10-21(18)31-2)33(29,30)26-11-5-3-4-6-12-26/h7-10,13-15H,3-6,11-12H2,1-2H3/t15-/m1/s1. The molecule has 0 unspecified atom stereocenters. The third-order valence-electron chi connectivity index (χ3n) is 5.45. The van der Waals surface area contributed by atoms with Gasteiger partial charge in [0.15, 0.2) is 17.7 Å². The van der Waals surface area contributed by atoms with Gasteiger partial charge in [-0.2, -0.15) is 4.31 Å². The summed E-state index contributed by atoms with van der Waals surface area (Å²) in [6.45, 7) is 2.08. The maximum Gasteiger partial charge on any atom is 0.342 e. The Kier molecular flexibility index (Phi) is 7.80. The molecule has 178 valence electrons. The van der Waals surface area contributed by atoms with Crippen LogP contribution in [0.2, 0.25) is 0 Å². The number of hydrogen-bond donors (Lipinski definition) is 0. The summed E-state index contributed by atoms with van der Waals surface area (Å²) < 4.78 is 64.6. The van der Waals surface area contributed by atoms with Crippen LogP contribution in [0.4, 0.5) is 8.78 Å². The van der Waals surface area contributed by atoms with E-state index in [1.807, 2.05) is 0 Å². The van der Waals surface area contributed by atoms with Gasteiger partial charge in [-0.25, -0.2) is 22.0 Å². The lowest BCUT2D eigenvalue weighted by Gasteiger charge is -2.21. The Bertz CT molecular complexity index is 1140. The number of esters is 1. The number of carbonyl (C=O) groups excluding carboxylic acids is 2. The maximum atomic E-state index is 13.5. The van der Waals surface area contributed by atoms with E-state index < -0.39 is 39.5 Å². The number of hydrogen-bond acceptors (Lipinski definition) is 6. The first-order valence-electron chi connectivity index (χ1n) is 10.5. The number of Topliss-reactive ketones (excluding diaryl/α,β-unsaturated/α-hetero) is 1. The van der Waals surface area contributed by atoms with Gasteiger partial charge < -0.3 is 9.47 Å². The molecule has 3 rings (SSSR count). The highest BCUT2D eigenvalue weighted by Gasteiger charge is 2.29. The fourth-order valence-corrected chi connectivity index (χ4v) is 5.14. The zero-order chi connectivity index (χ0) is 24.2. The first kappa shape index (κ1) is 24.8. The summed E-state index contributed by atoms with van der Waals surface area (Å²) in [4.78, 5) is 25.2. The molecule has 0 saturated carbocycles. The van der Waals surface area contributed by atoms with Crippen LogP contribution in [-0.2, 0) is 14.8 Å². The smallest absolute Gasteiger partial charge is 0.342 e. The summed E-state index contributed by atoms with van der Waals surface area (Å²) in [6, 6.07) is 6.47. The first-order valence-corrected chi connectivity index (χ1v) is 12.0. The molecule has 0 radical (unpaired) electrons. The SMILES string of the molecule is COc1ccc(S(=O)(=O)N2CCCCCC2)cc1C(=O)O[C@H](C)C(=O)c1ccc(F)c(F)c1. The van der Waals surface area contributed by atoms with Crippen LogP contribution >= 0.6 is 0 Å². The van der Waals surface area contributed by atoms with Crippen LogP contribution in [0.5, 0.6) is 5.75 Å². The third-order valence-corrected chi connectivity index (χ3v) is 7.35. The number of methoxy groups -OCH3 is 1. The molecule has 33 heavy (non-hydrogen) atoms. The van der Waals surface area contributed by atoms with Gasteiger partial charge in [0.25, 0.3) is 0 Å². The van der Waals surface area contributed by atoms with Crippen LogP contribution in [-0.4, -0.2) is 50.8 Å². The molecule has 0 aromatic heterocycles. The number of nitrogens with zero attached hydrogens (tertiary/aromatic N) is 1. The Morgan fingerprint density at radius 1 is 0.970 bits per heavy atom. The molecule has 1 aliphatic rings. The average molecular weight is 482 g/mol. The molecule has 0 spiro atoms. The van der Waals surface area contributed by atoms with Crippen molar-refractivity contribution in [1.29, 1.82) is 0 Å². The van der Waals surface area contributed by atoms with E-state index in [4.69, 9.17) is 9.47 Å². The number of ketones is 1. The van der Waals surface area contributed by atoms with Crippen molar-refractivity contribution >= 4 is 21.8 Å². The molecule has 0 amide bonds. The number of benzene rings is 2. The highest BCUT2D eigenvalue weighted by Crippen LogP contribution is 2.27. The third kappa shape index (κ3) is 5.56. The number of halogens is 2. The van der Waals surface area contributed by atoms with Gasteiger partial charge >= 0.3 is 5.97 Å². The van der Waals surface area contributed by atoms with Crippen LogP contribution in [0.25, 0.3) is 0 Å². The minimum Gasteiger partial charge on any atom is -0.496 e. The maximum absolute atomic E-state index is 13.5. The van der Waals surface area contributed by atoms with Crippen LogP contribution in [0.15, 0.2) is 41.3 Å². The summed E-state index contributed by atoms with van der Waals surface area (Å²) in [5, 5.41) is 0. The normalized spacial score (nSPS) is 16.0. The molecule has 0 bridgehead atoms. The Balaban J connectivity index is 1.84. The second-order valence-electron chi connectivity index (χ2n) is 7.72. The Morgan fingerprint density at radius 2 is 1.64 bits per heavy atom. The molecule has 1 heterocycles. The molecule has 1 atom stereocenters. The van der Waals surface area contributed by atoms with E-state index in [1.54, 1.807) is 0 Å². The van der Waals surface area contributed by atoms with Crippen molar-refractivity contribution < 1.29 is 36.3 Å². The van der Waals surface area contributed by atoms with Gasteiger partial charge in [0.05, 0.1) is 12.0 Å². The van der Waals surface area contributed by atoms with Gasteiger partial charge in [-0.15, -0.1) is 0 Å². The lowest BCUT2D eigenvalue weighted by atomic mass is 10.1. The highest BCUT2D eigenvalue weighted by atomic mass is 32.2. The molecule has 1 fully saturated rings. The van der Waals surface area contributed by atoms with Crippen molar-refractivity contribution in [3.63, 3.8) is 0 Å². The van der Waals surface area contributed by atoms with Gasteiger partial charge in [-0.3, -0.25) is 4.79 Å². The minimum absolute atomic E-state index is 0.0716. The molecule has 2 aromatic carbocycles.